The maximum Gasteiger partial charge on any atom is 0.235 e. The summed E-state index contributed by atoms with van der Waals surface area (Å²) < 4.78 is 5.22. The van der Waals surface area contributed by atoms with Gasteiger partial charge in [0.2, 0.25) is 6.20 Å². The van der Waals surface area contributed by atoms with Gasteiger partial charge in [0.1, 0.15) is 5.75 Å². The van der Waals surface area contributed by atoms with Gasteiger partial charge in [0.05, 0.1) is 12.0 Å². The smallest absolute Gasteiger partial charge is 0.235 e. The number of methoxy groups -OCH3 is 1. The Morgan fingerprint density at radius 3 is 2.60 bits per heavy atom. The quantitative estimate of drug-likeness (QED) is 0.616. The summed E-state index contributed by atoms with van der Waals surface area (Å²) in [5.41, 5.74) is 2.97. The molecule has 0 unspecified atom stereocenters. The molecule has 0 saturated heterocycles. The molecule has 0 N–H and O–H groups in total. The Bertz CT molecular complexity index is 621. The van der Waals surface area contributed by atoms with Crippen LogP contribution < -0.4 is 4.74 Å². The maximum absolute atomic E-state index is 10.5. The predicted molar refractivity (Wildman–Crippen MR) is 78.3 cm³/mol. The van der Waals surface area contributed by atoms with Crippen molar-refractivity contribution < 1.29 is 9.66 Å². The van der Waals surface area contributed by atoms with E-state index in [0.29, 0.717) is 6.42 Å². The lowest BCUT2D eigenvalue weighted by Crippen LogP contribution is -1.94. The van der Waals surface area contributed by atoms with E-state index in [9.17, 15) is 10.1 Å². The lowest BCUT2D eigenvalue weighted by Gasteiger charge is -2.08. The molecule has 0 aromatic heterocycles. The topological polar surface area (TPSA) is 52.4 Å². The van der Waals surface area contributed by atoms with Crippen LogP contribution in [0.25, 0.3) is 6.08 Å². The van der Waals surface area contributed by atoms with Crippen molar-refractivity contribution >= 4 is 6.08 Å². The molecule has 20 heavy (non-hydrogen) atoms. The largest absolute Gasteiger partial charge is 0.497 e. The van der Waals surface area contributed by atoms with E-state index in [2.05, 4.69) is 0 Å². The highest BCUT2D eigenvalue weighted by Crippen LogP contribution is 2.22. The van der Waals surface area contributed by atoms with Crippen molar-refractivity contribution in [2.75, 3.05) is 7.11 Å². The molecule has 0 radical (unpaired) electrons. The predicted octanol–water partition coefficient (Wildman–Crippen LogP) is 3.53. The van der Waals surface area contributed by atoms with Gasteiger partial charge in [-0.05, 0) is 35.2 Å². The van der Waals surface area contributed by atoms with Crippen LogP contribution in [0.2, 0.25) is 0 Å². The second-order valence-corrected chi connectivity index (χ2v) is 4.33. The monoisotopic (exact) mass is 269 g/mol. The molecule has 0 aliphatic heterocycles. The van der Waals surface area contributed by atoms with Crippen molar-refractivity contribution in [2.45, 2.75) is 6.42 Å². The molecule has 0 heterocycles. The van der Waals surface area contributed by atoms with E-state index in [0.717, 1.165) is 28.6 Å². The van der Waals surface area contributed by atoms with Gasteiger partial charge >= 0.3 is 0 Å². The van der Waals surface area contributed by atoms with Crippen LogP contribution in [0, 0.1) is 10.1 Å². The summed E-state index contributed by atoms with van der Waals surface area (Å²) in [5.74, 6) is 0.745. The third-order valence-corrected chi connectivity index (χ3v) is 2.96. The Kier molecular flexibility index (Phi) is 4.50. The first-order chi connectivity index (χ1) is 9.69. The molecule has 4 nitrogen and oxygen atoms in total. The first kappa shape index (κ1) is 13.8. The minimum Gasteiger partial charge on any atom is -0.497 e. The lowest BCUT2D eigenvalue weighted by atomic mass is 9.99. The molecule has 0 bridgehead atoms. The molecule has 0 atom stereocenters. The highest BCUT2D eigenvalue weighted by atomic mass is 16.6. The number of hydrogen-bond donors (Lipinski definition) is 0. The van der Waals surface area contributed by atoms with Gasteiger partial charge < -0.3 is 4.74 Å². The molecule has 4 heteroatoms. The fourth-order valence-corrected chi connectivity index (χ4v) is 1.98. The summed E-state index contributed by atoms with van der Waals surface area (Å²) in [6.45, 7) is 0. The van der Waals surface area contributed by atoms with Gasteiger partial charge in [0.15, 0.2) is 0 Å². The Morgan fingerprint density at radius 1 is 1.20 bits per heavy atom. The molecule has 2 aromatic carbocycles. The van der Waals surface area contributed by atoms with E-state index in [4.69, 9.17) is 4.74 Å². The molecule has 0 saturated carbocycles. The van der Waals surface area contributed by atoms with Crippen molar-refractivity contribution in [2.24, 2.45) is 0 Å². The van der Waals surface area contributed by atoms with Crippen LogP contribution in [0.1, 0.15) is 16.7 Å². The number of benzene rings is 2. The molecule has 0 aliphatic rings. The summed E-state index contributed by atoms with van der Waals surface area (Å²) in [5, 5.41) is 10.5. The molecule has 0 spiro atoms. The molecule has 2 aromatic rings. The molecule has 0 fully saturated rings. The van der Waals surface area contributed by atoms with Gasteiger partial charge in [-0.1, -0.05) is 36.4 Å². The summed E-state index contributed by atoms with van der Waals surface area (Å²) in [6, 6.07) is 15.5. The molecular weight excluding hydrogens is 254 g/mol. The third kappa shape index (κ3) is 3.68. The van der Waals surface area contributed by atoms with Crippen LogP contribution in [-0.2, 0) is 6.42 Å². The summed E-state index contributed by atoms with van der Waals surface area (Å²) in [7, 11) is 1.61. The van der Waals surface area contributed by atoms with Gasteiger partial charge in [-0.2, -0.15) is 0 Å². The average Bonchev–Trinajstić information content (AvgIpc) is 2.46. The van der Waals surface area contributed by atoms with E-state index >= 15 is 0 Å². The van der Waals surface area contributed by atoms with Gasteiger partial charge in [0.25, 0.3) is 0 Å². The van der Waals surface area contributed by atoms with Crippen molar-refractivity contribution in [1.82, 2.24) is 0 Å². The van der Waals surface area contributed by atoms with Crippen LogP contribution in [-0.4, -0.2) is 12.0 Å². The Labute approximate surface area is 117 Å². The number of hydrogen-bond acceptors (Lipinski definition) is 3. The third-order valence-electron chi connectivity index (χ3n) is 2.96. The second-order valence-electron chi connectivity index (χ2n) is 4.33. The SMILES string of the molecule is COc1ccc(/C=C/[N+](=O)[O-])c(Cc2ccccc2)c1. The Hall–Kier alpha value is -2.62. The minimum atomic E-state index is -0.462. The van der Waals surface area contributed by atoms with Crippen molar-refractivity contribution in [3.05, 3.63) is 81.5 Å². The number of nitro groups is 1. The highest BCUT2D eigenvalue weighted by Gasteiger charge is 2.05. The normalized spacial score (nSPS) is 10.7. The standard InChI is InChI=1S/C16H15NO3/c1-20-16-8-7-14(9-10-17(18)19)15(12-16)11-13-5-3-2-4-6-13/h2-10,12H,11H2,1H3/b10-9+. The molecular formula is C16H15NO3. The maximum atomic E-state index is 10.5. The van der Waals surface area contributed by atoms with Gasteiger partial charge in [-0.15, -0.1) is 0 Å². The lowest BCUT2D eigenvalue weighted by molar-refractivity contribution is -0.400. The van der Waals surface area contributed by atoms with Crippen LogP contribution >= 0.6 is 0 Å². The fourth-order valence-electron chi connectivity index (χ4n) is 1.98. The van der Waals surface area contributed by atoms with Gasteiger partial charge in [-0.3, -0.25) is 10.1 Å². The highest BCUT2D eigenvalue weighted by molar-refractivity contribution is 5.56. The zero-order valence-corrected chi connectivity index (χ0v) is 11.2. The Morgan fingerprint density at radius 2 is 1.95 bits per heavy atom. The van der Waals surface area contributed by atoms with E-state index in [1.54, 1.807) is 13.2 Å². The zero-order valence-electron chi connectivity index (χ0n) is 11.2. The summed E-state index contributed by atoms with van der Waals surface area (Å²) in [4.78, 5) is 10.00. The van der Waals surface area contributed by atoms with Gasteiger partial charge in [0, 0.05) is 6.08 Å². The van der Waals surface area contributed by atoms with Crippen molar-refractivity contribution in [1.29, 1.82) is 0 Å². The molecule has 0 aliphatic carbocycles. The van der Waals surface area contributed by atoms with Crippen molar-refractivity contribution in [3.63, 3.8) is 0 Å². The summed E-state index contributed by atoms with van der Waals surface area (Å²) in [6.07, 6.45) is 3.17. The van der Waals surface area contributed by atoms with E-state index < -0.39 is 4.92 Å². The first-order valence-electron chi connectivity index (χ1n) is 6.21. The van der Waals surface area contributed by atoms with Crippen molar-refractivity contribution in [3.8, 4) is 5.75 Å². The fraction of sp³-hybridized carbons (Fsp3) is 0.125. The molecule has 2 rings (SSSR count). The van der Waals surface area contributed by atoms with E-state index in [1.807, 2.05) is 42.5 Å². The first-order valence-corrected chi connectivity index (χ1v) is 6.21. The number of nitrogens with zero attached hydrogens (tertiary/aromatic N) is 1. The Balaban J connectivity index is 2.34. The van der Waals surface area contributed by atoms with Crippen LogP contribution in [0.5, 0.6) is 5.75 Å². The van der Waals surface area contributed by atoms with Crippen LogP contribution in [0.3, 0.4) is 0 Å². The van der Waals surface area contributed by atoms with E-state index in [-0.39, 0.29) is 0 Å². The number of rotatable bonds is 5. The van der Waals surface area contributed by atoms with E-state index in [1.165, 1.54) is 6.08 Å². The average molecular weight is 269 g/mol. The minimum absolute atomic E-state index is 0.462. The zero-order chi connectivity index (χ0) is 14.4. The number of ether oxygens (including phenoxy) is 1. The molecule has 0 amide bonds. The van der Waals surface area contributed by atoms with Crippen LogP contribution in [0.4, 0.5) is 0 Å². The van der Waals surface area contributed by atoms with Crippen LogP contribution in [0.15, 0.2) is 54.7 Å². The second kappa shape index (κ2) is 6.52. The summed E-state index contributed by atoms with van der Waals surface area (Å²) >= 11 is 0. The molecule has 102 valence electrons. The van der Waals surface area contributed by atoms with Gasteiger partial charge in [-0.25, -0.2) is 0 Å².